The number of rotatable bonds is 11. The van der Waals surface area contributed by atoms with Crippen LogP contribution in [0.25, 0.3) is 16.9 Å². The van der Waals surface area contributed by atoms with Crippen LogP contribution in [0.2, 0.25) is 0 Å². The Morgan fingerprint density at radius 2 is 1.52 bits per heavy atom. The van der Waals surface area contributed by atoms with Gasteiger partial charge in [0.1, 0.15) is 5.39 Å². The molecular formula is C47H58N10O3. The van der Waals surface area contributed by atoms with Crippen molar-refractivity contribution in [3.63, 3.8) is 0 Å². The Hall–Kier alpha value is -5.82. The third-order valence-corrected chi connectivity index (χ3v) is 12.7. The number of piperidine rings is 2. The van der Waals surface area contributed by atoms with Crippen LogP contribution in [0.15, 0.2) is 84.3 Å². The van der Waals surface area contributed by atoms with Gasteiger partial charge in [0.15, 0.2) is 11.5 Å². The number of piperazine rings is 1. The zero-order valence-corrected chi connectivity index (χ0v) is 35.3. The lowest BCUT2D eigenvalue weighted by atomic mass is 9.90. The topological polar surface area (TPSA) is 134 Å². The lowest BCUT2D eigenvalue weighted by molar-refractivity contribution is -0.134. The van der Waals surface area contributed by atoms with E-state index < -0.39 is 0 Å². The van der Waals surface area contributed by atoms with E-state index in [0.29, 0.717) is 54.0 Å². The molecule has 6 heterocycles. The molecule has 314 valence electrons. The number of imide groups is 1. The summed E-state index contributed by atoms with van der Waals surface area (Å²) in [5.41, 5.74) is 7.02. The maximum Gasteiger partial charge on any atom is 0.278 e. The van der Waals surface area contributed by atoms with Crippen LogP contribution >= 0.6 is 0 Å². The van der Waals surface area contributed by atoms with Crippen molar-refractivity contribution >= 4 is 45.9 Å². The predicted octanol–water partition coefficient (Wildman–Crippen LogP) is 6.93. The molecule has 4 aliphatic rings. The molecule has 0 spiro atoms. The van der Waals surface area contributed by atoms with Crippen molar-refractivity contribution in [1.29, 1.82) is 0 Å². The number of carbonyl (C=O) groups excluding carboxylic acids is 2. The fourth-order valence-electron chi connectivity index (χ4n) is 9.39. The largest absolute Gasteiger partial charge is 0.372 e. The number of nitrogens with zero attached hydrogens (tertiary/aromatic N) is 8. The Labute approximate surface area is 352 Å². The molecule has 1 aliphatic carbocycles. The van der Waals surface area contributed by atoms with E-state index in [9.17, 15) is 14.4 Å². The van der Waals surface area contributed by atoms with Crippen LogP contribution < -0.4 is 26.0 Å². The smallest absolute Gasteiger partial charge is 0.278 e. The van der Waals surface area contributed by atoms with E-state index in [-0.39, 0.29) is 23.3 Å². The molecule has 5 aromatic rings. The van der Waals surface area contributed by atoms with Gasteiger partial charge in [0.05, 0.1) is 12.5 Å². The van der Waals surface area contributed by atoms with Crippen molar-refractivity contribution in [1.82, 2.24) is 34.5 Å². The first-order chi connectivity index (χ1) is 29.3. The van der Waals surface area contributed by atoms with Gasteiger partial charge in [0.25, 0.3) is 5.56 Å². The Morgan fingerprint density at radius 3 is 2.20 bits per heavy atom. The van der Waals surface area contributed by atoms with Gasteiger partial charge in [0, 0.05) is 87.1 Å². The molecule has 13 nitrogen and oxygen atoms in total. The summed E-state index contributed by atoms with van der Waals surface area (Å²) in [6.07, 6.45) is 9.82. The number of fused-ring (bicyclic) bond motifs is 2. The maximum absolute atomic E-state index is 13.5. The number of amides is 2. The Morgan fingerprint density at radius 1 is 0.817 bits per heavy atom. The maximum atomic E-state index is 13.5. The van der Waals surface area contributed by atoms with Crippen molar-refractivity contribution in [2.24, 2.45) is 5.92 Å². The molecule has 3 aromatic heterocycles. The molecule has 0 radical (unpaired) electrons. The van der Waals surface area contributed by atoms with Gasteiger partial charge in [-0.05, 0) is 98.0 Å². The molecule has 0 saturated carbocycles. The number of benzene rings is 2. The molecule has 3 saturated heterocycles. The van der Waals surface area contributed by atoms with Gasteiger partial charge in [-0.2, -0.15) is 4.98 Å². The highest BCUT2D eigenvalue weighted by Crippen LogP contribution is 2.35. The molecule has 2 aromatic carbocycles. The van der Waals surface area contributed by atoms with Crippen molar-refractivity contribution in [2.75, 3.05) is 60.9 Å². The van der Waals surface area contributed by atoms with E-state index in [0.717, 1.165) is 82.0 Å². The minimum Gasteiger partial charge on any atom is -0.372 e. The van der Waals surface area contributed by atoms with E-state index in [2.05, 4.69) is 98.4 Å². The Bertz CT molecular complexity index is 2370. The number of aryl methyl sites for hydroxylation is 1. The number of hydrogen-bond acceptors (Lipinski definition) is 10. The van der Waals surface area contributed by atoms with Crippen molar-refractivity contribution in [3.05, 3.63) is 107 Å². The first-order valence-electron chi connectivity index (χ1n) is 22.0. The molecule has 2 amide bonds. The van der Waals surface area contributed by atoms with Gasteiger partial charge in [-0.25, -0.2) is 19.3 Å². The highest BCUT2D eigenvalue weighted by molar-refractivity contribution is 6.01. The van der Waals surface area contributed by atoms with Crippen molar-refractivity contribution < 1.29 is 9.59 Å². The standard InChI is InChI=1S/C45H52N10O3.C2H6/c1-3-21-54-44(58)38-28-46-45(50-42(38)55(54)39-17-9-33-6-5-31(4-2)41(33)48-39)47-34-10-14-36(15-11-34)53-26-24-51(25-27-53)29-30-19-22-52(23-20-30)35-12-7-32(8-13-35)37-16-18-40(56)49-43(37)57;1-2/h3,7-15,17,28,30-31,37H,1,4-6,16,18-27,29H2,2H3,(H,46,47,50)(H,49,56,57);1-2H3. The lowest BCUT2D eigenvalue weighted by Gasteiger charge is -2.40. The van der Waals surface area contributed by atoms with E-state index in [1.54, 1.807) is 17.0 Å². The number of pyridine rings is 1. The minimum atomic E-state index is -0.240. The number of allylic oxidation sites excluding steroid dienone is 1. The summed E-state index contributed by atoms with van der Waals surface area (Å²) in [4.78, 5) is 59.4. The van der Waals surface area contributed by atoms with Gasteiger partial charge >= 0.3 is 0 Å². The number of carbonyl (C=O) groups is 2. The number of aromatic nitrogens is 5. The minimum absolute atomic E-state index is 0.168. The SMILES string of the molecule is C=CCn1c(=O)c2cnc(Nc3ccc(N4CCN(CC5CCN(c6ccc(C7CCC(=O)NC7=O)cc6)CC5)CC4)cc3)nc2n1-c1ccc2c(n1)C(CC)CC2.CC. The summed E-state index contributed by atoms with van der Waals surface area (Å²) in [6, 6.07) is 20.9. The van der Waals surface area contributed by atoms with Crippen LogP contribution in [-0.4, -0.2) is 86.8 Å². The zero-order valence-electron chi connectivity index (χ0n) is 35.3. The summed E-state index contributed by atoms with van der Waals surface area (Å²) in [6.45, 7) is 17.7. The molecule has 3 aliphatic heterocycles. The molecule has 2 unspecified atom stereocenters. The molecule has 2 atom stereocenters. The van der Waals surface area contributed by atoms with Gasteiger partial charge in [-0.3, -0.25) is 24.6 Å². The van der Waals surface area contributed by atoms with E-state index in [4.69, 9.17) is 9.97 Å². The average molecular weight is 811 g/mol. The highest BCUT2D eigenvalue weighted by Gasteiger charge is 2.29. The second kappa shape index (κ2) is 18.2. The van der Waals surface area contributed by atoms with Gasteiger partial charge in [0.2, 0.25) is 17.8 Å². The third-order valence-electron chi connectivity index (χ3n) is 12.7. The van der Waals surface area contributed by atoms with Gasteiger partial charge < -0.3 is 15.1 Å². The highest BCUT2D eigenvalue weighted by atomic mass is 16.2. The number of hydrogen-bond donors (Lipinski definition) is 2. The fourth-order valence-corrected chi connectivity index (χ4v) is 9.39. The quantitative estimate of drug-likeness (QED) is 0.107. The zero-order chi connectivity index (χ0) is 41.8. The molecule has 13 heteroatoms. The Kier molecular flexibility index (Phi) is 12.4. The second-order valence-corrected chi connectivity index (χ2v) is 16.3. The van der Waals surface area contributed by atoms with Crippen LogP contribution in [0, 0.1) is 5.92 Å². The van der Waals surface area contributed by atoms with Crippen LogP contribution in [0.4, 0.5) is 23.0 Å². The summed E-state index contributed by atoms with van der Waals surface area (Å²) in [7, 11) is 0. The number of anilines is 4. The third kappa shape index (κ3) is 8.45. The monoisotopic (exact) mass is 810 g/mol. The molecule has 0 bridgehead atoms. The summed E-state index contributed by atoms with van der Waals surface area (Å²) in [5, 5.41) is 6.28. The van der Waals surface area contributed by atoms with Crippen LogP contribution in [0.1, 0.15) is 88.0 Å². The fraction of sp³-hybridized carbons (Fsp3) is 0.447. The van der Waals surface area contributed by atoms with Crippen LogP contribution in [0.3, 0.4) is 0 Å². The summed E-state index contributed by atoms with van der Waals surface area (Å²) < 4.78 is 3.45. The van der Waals surface area contributed by atoms with Crippen LogP contribution in [0.5, 0.6) is 0 Å². The first kappa shape index (κ1) is 40.9. The first-order valence-corrected chi connectivity index (χ1v) is 22.0. The Balaban J connectivity index is 0.00000246. The van der Waals surface area contributed by atoms with Gasteiger partial charge in [-0.1, -0.05) is 45.0 Å². The van der Waals surface area contributed by atoms with E-state index in [1.807, 2.05) is 24.6 Å². The molecule has 2 N–H and O–H groups in total. The molecule has 9 rings (SSSR count). The molecular weight excluding hydrogens is 753 g/mol. The number of nitrogens with one attached hydrogen (secondary N) is 2. The summed E-state index contributed by atoms with van der Waals surface area (Å²) in [5.74, 6) is 1.61. The van der Waals surface area contributed by atoms with Crippen LogP contribution in [-0.2, 0) is 22.6 Å². The normalized spacial score (nSPS) is 19.8. The van der Waals surface area contributed by atoms with Crippen molar-refractivity contribution in [3.8, 4) is 5.82 Å². The van der Waals surface area contributed by atoms with Gasteiger partial charge in [-0.15, -0.1) is 6.58 Å². The summed E-state index contributed by atoms with van der Waals surface area (Å²) >= 11 is 0. The van der Waals surface area contributed by atoms with E-state index >= 15 is 0 Å². The second-order valence-electron chi connectivity index (χ2n) is 16.3. The molecule has 60 heavy (non-hydrogen) atoms. The molecule has 3 fully saturated rings. The average Bonchev–Trinajstić information content (AvgIpc) is 3.82. The lowest BCUT2D eigenvalue weighted by Crippen LogP contribution is -2.49. The van der Waals surface area contributed by atoms with E-state index in [1.165, 1.54) is 29.8 Å². The van der Waals surface area contributed by atoms with Crippen molar-refractivity contribution in [2.45, 2.75) is 84.1 Å². The predicted molar refractivity (Wildman–Crippen MR) is 239 cm³/mol.